The van der Waals surface area contributed by atoms with Gasteiger partial charge in [0.1, 0.15) is 0 Å². The maximum absolute atomic E-state index is 4.38. The number of hydrogen-bond acceptors (Lipinski definition) is 1. The molecule has 0 heterocycles. The molecule has 0 aliphatic carbocycles. The molecule has 0 bridgehead atoms. The molecule has 0 radical (unpaired) electrons. The second-order valence-corrected chi connectivity index (χ2v) is 4.71. The standard InChI is InChI=1S/C18H23N/c1-6-8-9-19-16(5)13-17(7-2)18-11-14(3)10-15(4)12-18/h6-13H,1-5H3/b8-6-,16-13+,17-7+,19-9-. The topological polar surface area (TPSA) is 12.4 Å². The normalized spacial score (nSPS) is 13.7. The van der Waals surface area contributed by atoms with Crippen LogP contribution in [0.5, 0.6) is 0 Å². The molecule has 0 unspecified atom stereocenters. The van der Waals surface area contributed by atoms with Gasteiger partial charge in [-0.3, -0.25) is 4.99 Å². The average Bonchev–Trinajstić information content (AvgIpc) is 2.35. The molecule has 0 amide bonds. The Morgan fingerprint density at radius 3 is 2.21 bits per heavy atom. The van der Waals surface area contributed by atoms with E-state index in [1.807, 2.05) is 32.2 Å². The number of benzene rings is 1. The fraction of sp³-hybridized carbons (Fsp3) is 0.278. The van der Waals surface area contributed by atoms with Crippen molar-refractivity contribution in [3.8, 4) is 0 Å². The summed E-state index contributed by atoms with van der Waals surface area (Å²) in [6.45, 7) is 10.3. The summed E-state index contributed by atoms with van der Waals surface area (Å²) in [5, 5.41) is 0. The molecule has 1 nitrogen and oxygen atoms in total. The van der Waals surface area contributed by atoms with E-state index in [9.17, 15) is 0 Å². The molecular weight excluding hydrogens is 230 g/mol. The van der Waals surface area contributed by atoms with E-state index in [1.54, 1.807) is 0 Å². The second kappa shape index (κ2) is 7.52. The number of aliphatic imine (C=N–C) groups is 1. The SMILES string of the molecule is C\C=C/C=N\C(C)=C\C(=C/C)c1cc(C)cc(C)c1. The number of nitrogens with zero attached hydrogens (tertiary/aromatic N) is 1. The Morgan fingerprint density at radius 1 is 1.05 bits per heavy atom. The monoisotopic (exact) mass is 253 g/mol. The zero-order valence-electron chi connectivity index (χ0n) is 12.6. The fourth-order valence-electron chi connectivity index (χ4n) is 1.98. The summed E-state index contributed by atoms with van der Waals surface area (Å²) in [6.07, 6.45) is 9.97. The van der Waals surface area contributed by atoms with E-state index in [4.69, 9.17) is 0 Å². The lowest BCUT2D eigenvalue weighted by atomic mass is 10.00. The molecule has 0 aliphatic heterocycles. The largest absolute Gasteiger partial charge is 0.262 e. The molecule has 0 atom stereocenters. The van der Waals surface area contributed by atoms with Crippen molar-refractivity contribution >= 4 is 11.8 Å². The number of allylic oxidation sites excluding steroid dienone is 6. The molecule has 1 aromatic carbocycles. The maximum atomic E-state index is 4.38. The van der Waals surface area contributed by atoms with Gasteiger partial charge < -0.3 is 0 Å². The molecule has 0 fully saturated rings. The van der Waals surface area contributed by atoms with Crippen LogP contribution < -0.4 is 0 Å². The van der Waals surface area contributed by atoms with Crippen molar-refractivity contribution in [1.29, 1.82) is 0 Å². The van der Waals surface area contributed by atoms with Gasteiger partial charge in [0, 0.05) is 11.9 Å². The zero-order valence-corrected chi connectivity index (χ0v) is 12.6. The van der Waals surface area contributed by atoms with E-state index in [2.05, 4.69) is 56.1 Å². The van der Waals surface area contributed by atoms with Crippen LogP contribution in [0.4, 0.5) is 0 Å². The Balaban J connectivity index is 3.05. The summed E-state index contributed by atoms with van der Waals surface area (Å²) in [5.74, 6) is 0. The van der Waals surface area contributed by atoms with Gasteiger partial charge in [0.25, 0.3) is 0 Å². The van der Waals surface area contributed by atoms with E-state index in [1.165, 1.54) is 22.3 Å². The van der Waals surface area contributed by atoms with Gasteiger partial charge in [-0.25, -0.2) is 0 Å². The first-order valence-electron chi connectivity index (χ1n) is 6.65. The predicted molar refractivity (Wildman–Crippen MR) is 86.6 cm³/mol. The number of hydrogen-bond donors (Lipinski definition) is 0. The minimum Gasteiger partial charge on any atom is -0.262 e. The molecule has 1 heteroatoms. The molecule has 0 spiro atoms. The highest BCUT2D eigenvalue weighted by atomic mass is 14.7. The Bertz CT molecular complexity index is 523. The van der Waals surface area contributed by atoms with E-state index in [0.29, 0.717) is 0 Å². The van der Waals surface area contributed by atoms with Gasteiger partial charge in [-0.15, -0.1) is 0 Å². The molecule has 0 saturated carbocycles. The third-order valence-corrected chi connectivity index (χ3v) is 2.79. The van der Waals surface area contributed by atoms with Crippen LogP contribution in [0.15, 0.2) is 53.2 Å². The Morgan fingerprint density at radius 2 is 1.68 bits per heavy atom. The zero-order chi connectivity index (χ0) is 14.3. The third kappa shape index (κ3) is 5.09. The highest BCUT2D eigenvalue weighted by molar-refractivity contribution is 5.76. The van der Waals surface area contributed by atoms with Crippen LogP contribution in [-0.4, -0.2) is 6.21 Å². The Kier molecular flexibility index (Phi) is 6.01. The lowest BCUT2D eigenvalue weighted by Gasteiger charge is -2.06. The van der Waals surface area contributed by atoms with Crippen LogP contribution in [0.3, 0.4) is 0 Å². The summed E-state index contributed by atoms with van der Waals surface area (Å²) >= 11 is 0. The lowest BCUT2D eigenvalue weighted by Crippen LogP contribution is -1.86. The highest BCUT2D eigenvalue weighted by Gasteiger charge is 2.00. The summed E-state index contributed by atoms with van der Waals surface area (Å²) in [5.41, 5.74) is 6.04. The molecule has 0 aliphatic rings. The van der Waals surface area contributed by atoms with Crippen molar-refractivity contribution in [2.75, 3.05) is 0 Å². The minimum atomic E-state index is 1.00. The summed E-state index contributed by atoms with van der Waals surface area (Å²) in [7, 11) is 0. The average molecular weight is 253 g/mol. The second-order valence-electron chi connectivity index (χ2n) is 4.71. The van der Waals surface area contributed by atoms with Crippen LogP contribution in [0, 0.1) is 13.8 Å². The van der Waals surface area contributed by atoms with Gasteiger partial charge in [0.15, 0.2) is 0 Å². The predicted octanol–water partition coefficient (Wildman–Crippen LogP) is 5.26. The van der Waals surface area contributed by atoms with Gasteiger partial charge in [0.05, 0.1) is 0 Å². The van der Waals surface area contributed by atoms with Crippen molar-refractivity contribution in [3.05, 3.63) is 64.9 Å². The van der Waals surface area contributed by atoms with Crippen molar-refractivity contribution in [1.82, 2.24) is 0 Å². The van der Waals surface area contributed by atoms with Crippen LogP contribution in [0.2, 0.25) is 0 Å². The van der Waals surface area contributed by atoms with Crippen LogP contribution in [0.25, 0.3) is 5.57 Å². The fourth-order valence-corrected chi connectivity index (χ4v) is 1.98. The van der Waals surface area contributed by atoms with Crippen molar-refractivity contribution in [3.63, 3.8) is 0 Å². The molecule has 0 aromatic heterocycles. The van der Waals surface area contributed by atoms with Crippen molar-refractivity contribution < 1.29 is 0 Å². The molecular formula is C18H23N. The summed E-state index contributed by atoms with van der Waals surface area (Å²) in [6, 6.07) is 6.61. The maximum Gasteiger partial charge on any atom is 0.0378 e. The van der Waals surface area contributed by atoms with Crippen LogP contribution in [0.1, 0.15) is 37.5 Å². The lowest BCUT2D eigenvalue weighted by molar-refractivity contribution is 1.31. The van der Waals surface area contributed by atoms with E-state index >= 15 is 0 Å². The first kappa shape index (κ1) is 15.2. The third-order valence-electron chi connectivity index (χ3n) is 2.79. The molecule has 100 valence electrons. The van der Waals surface area contributed by atoms with Gasteiger partial charge >= 0.3 is 0 Å². The molecule has 0 N–H and O–H groups in total. The first-order valence-corrected chi connectivity index (χ1v) is 6.65. The molecule has 1 rings (SSSR count). The van der Waals surface area contributed by atoms with E-state index in [-0.39, 0.29) is 0 Å². The van der Waals surface area contributed by atoms with Crippen molar-refractivity contribution in [2.45, 2.75) is 34.6 Å². The number of rotatable bonds is 4. The van der Waals surface area contributed by atoms with Gasteiger partial charge in [0.2, 0.25) is 0 Å². The highest BCUT2D eigenvalue weighted by Crippen LogP contribution is 2.20. The van der Waals surface area contributed by atoms with Crippen LogP contribution >= 0.6 is 0 Å². The van der Waals surface area contributed by atoms with Gasteiger partial charge in [-0.1, -0.05) is 41.5 Å². The number of aryl methyl sites for hydroxylation is 2. The quantitative estimate of drug-likeness (QED) is 0.513. The van der Waals surface area contributed by atoms with E-state index < -0.39 is 0 Å². The molecule has 19 heavy (non-hydrogen) atoms. The van der Waals surface area contributed by atoms with E-state index in [0.717, 1.165) is 5.70 Å². The van der Waals surface area contributed by atoms with Crippen molar-refractivity contribution in [2.24, 2.45) is 4.99 Å². The summed E-state index contributed by atoms with van der Waals surface area (Å²) < 4.78 is 0. The molecule has 0 saturated heterocycles. The first-order chi connectivity index (χ1) is 9.06. The minimum absolute atomic E-state index is 1.00. The summed E-state index contributed by atoms with van der Waals surface area (Å²) in [4.78, 5) is 4.38. The Hall–Kier alpha value is -1.89. The van der Waals surface area contributed by atoms with Gasteiger partial charge in [-0.05, 0) is 57.9 Å². The Labute approximate surface area is 117 Å². The van der Waals surface area contributed by atoms with Gasteiger partial charge in [-0.2, -0.15) is 0 Å². The van der Waals surface area contributed by atoms with Crippen LogP contribution in [-0.2, 0) is 0 Å². The smallest absolute Gasteiger partial charge is 0.0378 e. The molecule has 1 aromatic rings.